The zero-order valence-electron chi connectivity index (χ0n) is 25.8. The normalized spacial score (nSPS) is 13.1. The van der Waals surface area contributed by atoms with Crippen LogP contribution < -0.4 is 14.4 Å². The number of hydrogen-bond donors (Lipinski definition) is 0. The van der Waals surface area contributed by atoms with Crippen molar-refractivity contribution in [3.8, 4) is 5.69 Å². The molecule has 6 rings (SSSR count). The molecule has 0 saturated carbocycles. The van der Waals surface area contributed by atoms with Crippen molar-refractivity contribution in [2.24, 2.45) is 10.2 Å². The fourth-order valence-electron chi connectivity index (χ4n) is 5.67. The first-order valence-electron chi connectivity index (χ1n) is 15.3. The Morgan fingerprint density at radius 1 is 0.733 bits per heavy atom. The molecule has 0 aliphatic carbocycles. The van der Waals surface area contributed by atoms with Crippen LogP contribution in [0.1, 0.15) is 20.3 Å². The van der Waals surface area contributed by atoms with E-state index in [1.165, 1.54) is 17.1 Å². The predicted octanol–water partition coefficient (Wildman–Crippen LogP) is 6.68. The number of fused-ring (bicyclic) bond motifs is 2. The summed E-state index contributed by atoms with van der Waals surface area (Å²) < 4.78 is 2.25. The number of aromatic nitrogens is 2. The highest BCUT2D eigenvalue weighted by atomic mass is 16.2. The Hall–Kier alpha value is -5.44. The van der Waals surface area contributed by atoms with Gasteiger partial charge < -0.3 is 9.80 Å². The highest BCUT2D eigenvalue weighted by Crippen LogP contribution is 2.27. The Labute approximate surface area is 262 Å². The van der Waals surface area contributed by atoms with E-state index in [1.807, 2.05) is 67.7 Å². The third-order valence-corrected chi connectivity index (χ3v) is 8.13. The highest BCUT2D eigenvalue weighted by Gasteiger charge is 2.23. The molecule has 0 radical (unpaired) electrons. The molecule has 0 spiro atoms. The molecule has 9 nitrogen and oxygen atoms in total. The van der Waals surface area contributed by atoms with Crippen molar-refractivity contribution < 1.29 is 14.2 Å². The summed E-state index contributed by atoms with van der Waals surface area (Å²) in [7, 11) is 1.99. The van der Waals surface area contributed by atoms with E-state index in [0.717, 1.165) is 63.6 Å². The molecular weight excluding hydrogens is 562 g/mol. The molecule has 0 atom stereocenters. The summed E-state index contributed by atoms with van der Waals surface area (Å²) in [4.78, 5) is 34.2. The number of anilines is 2. The Morgan fingerprint density at radius 2 is 1.33 bits per heavy atom. The van der Waals surface area contributed by atoms with Gasteiger partial charge in [0, 0.05) is 81.0 Å². The maximum absolute atomic E-state index is 11.8. The minimum absolute atomic E-state index is 0.243. The number of carbonyl (C=O) groups excluding carboxylic acids is 2. The average Bonchev–Trinajstić information content (AvgIpc) is 3.39. The summed E-state index contributed by atoms with van der Waals surface area (Å²) in [5.74, 6) is -0.486. The van der Waals surface area contributed by atoms with Crippen LogP contribution in [-0.4, -0.2) is 54.9 Å². The molecular formula is C36H36N7O2+. The van der Waals surface area contributed by atoms with Gasteiger partial charge in [-0.1, -0.05) is 18.2 Å². The van der Waals surface area contributed by atoms with Crippen LogP contribution in [-0.2, 0) is 9.59 Å². The standard InChI is InChI=1S/C36H36N7O2/c1-4-41(5-2)30-17-19-32-34(25-30)43(29-10-7-6-8-11-29)33-24-27(14-18-31(33)37-32)39-38-26-12-15-28(16-13-26)40(3)22-9-23-42-35(44)20-21-36(42)45/h6-8,10-21,24-25H,4-5,9,22-23H2,1-3H3/q+1. The summed E-state index contributed by atoms with van der Waals surface area (Å²) in [6.07, 6.45) is 3.32. The molecule has 0 saturated heterocycles. The van der Waals surface area contributed by atoms with E-state index in [9.17, 15) is 9.59 Å². The Kier molecular flexibility index (Phi) is 8.59. The SMILES string of the molecule is CCN(CC)c1ccc2nc3ccc(N=Nc4ccc(N(C)CCCN5C(=O)C=CC5=O)cc4)cc3[n+](-c3ccccc3)c2c1. The van der Waals surface area contributed by atoms with Crippen molar-refractivity contribution in [1.29, 1.82) is 0 Å². The van der Waals surface area contributed by atoms with Gasteiger partial charge in [-0.05, 0) is 68.8 Å². The van der Waals surface area contributed by atoms with Crippen molar-refractivity contribution >= 4 is 56.6 Å². The zero-order chi connectivity index (χ0) is 31.3. The van der Waals surface area contributed by atoms with E-state index < -0.39 is 0 Å². The van der Waals surface area contributed by atoms with Gasteiger partial charge in [-0.15, -0.1) is 4.57 Å². The number of nitrogens with zero attached hydrogens (tertiary/aromatic N) is 7. The Balaban J connectivity index is 1.25. The first-order valence-corrected chi connectivity index (χ1v) is 15.3. The van der Waals surface area contributed by atoms with Gasteiger partial charge >= 0.3 is 0 Å². The second-order valence-electron chi connectivity index (χ2n) is 11.0. The maximum atomic E-state index is 11.8. The van der Waals surface area contributed by atoms with E-state index in [-0.39, 0.29) is 11.8 Å². The molecule has 2 amide bonds. The van der Waals surface area contributed by atoms with Gasteiger partial charge in [0.25, 0.3) is 11.8 Å². The van der Waals surface area contributed by atoms with Gasteiger partial charge in [0.15, 0.2) is 0 Å². The van der Waals surface area contributed by atoms with Crippen molar-refractivity contribution in [2.75, 3.05) is 43.0 Å². The zero-order valence-corrected chi connectivity index (χ0v) is 25.8. The first-order chi connectivity index (χ1) is 21.9. The molecule has 9 heteroatoms. The Bertz CT molecular complexity index is 1900. The fraction of sp³-hybridized carbons (Fsp3) is 0.222. The minimum atomic E-state index is -0.243. The number of hydrogen-bond acceptors (Lipinski definition) is 7. The van der Waals surface area contributed by atoms with Gasteiger partial charge in [0.2, 0.25) is 16.7 Å². The van der Waals surface area contributed by atoms with Crippen LogP contribution in [0.4, 0.5) is 22.7 Å². The topological polar surface area (TPSA) is 85.3 Å². The second-order valence-corrected chi connectivity index (χ2v) is 11.0. The summed E-state index contributed by atoms with van der Waals surface area (Å²) in [5, 5.41) is 9.10. The molecule has 5 aromatic rings. The lowest BCUT2D eigenvalue weighted by molar-refractivity contribution is -0.538. The van der Waals surface area contributed by atoms with Gasteiger partial charge in [0.05, 0.1) is 11.4 Å². The third-order valence-electron chi connectivity index (χ3n) is 8.13. The molecule has 0 fully saturated rings. The molecule has 4 aromatic carbocycles. The number of imide groups is 1. The van der Waals surface area contributed by atoms with Crippen molar-refractivity contribution in [3.63, 3.8) is 0 Å². The quantitative estimate of drug-likeness (QED) is 0.0733. The molecule has 1 aromatic heterocycles. The van der Waals surface area contributed by atoms with E-state index in [2.05, 4.69) is 68.8 Å². The van der Waals surface area contributed by atoms with Crippen molar-refractivity contribution in [2.45, 2.75) is 20.3 Å². The summed E-state index contributed by atoms with van der Waals surface area (Å²) in [6, 6.07) is 30.6. The van der Waals surface area contributed by atoms with E-state index >= 15 is 0 Å². The van der Waals surface area contributed by atoms with Gasteiger partial charge in [-0.3, -0.25) is 14.5 Å². The van der Waals surface area contributed by atoms with Gasteiger partial charge in [-0.25, -0.2) is 4.98 Å². The van der Waals surface area contributed by atoms with Crippen LogP contribution in [0.5, 0.6) is 0 Å². The lowest BCUT2D eigenvalue weighted by Crippen LogP contribution is -2.33. The lowest BCUT2D eigenvalue weighted by Gasteiger charge is -2.21. The van der Waals surface area contributed by atoms with E-state index in [1.54, 1.807) is 0 Å². The van der Waals surface area contributed by atoms with Crippen molar-refractivity contribution in [3.05, 3.63) is 103 Å². The number of benzene rings is 4. The average molecular weight is 599 g/mol. The van der Waals surface area contributed by atoms with Gasteiger partial charge in [-0.2, -0.15) is 10.2 Å². The van der Waals surface area contributed by atoms with Crippen LogP contribution in [0.15, 0.2) is 113 Å². The summed E-state index contributed by atoms with van der Waals surface area (Å²) in [6.45, 7) is 7.30. The molecule has 226 valence electrons. The fourth-order valence-corrected chi connectivity index (χ4v) is 5.67. The van der Waals surface area contributed by atoms with E-state index in [0.29, 0.717) is 19.5 Å². The first kappa shape index (κ1) is 29.6. The summed E-state index contributed by atoms with van der Waals surface area (Å²) >= 11 is 0. The predicted molar refractivity (Wildman–Crippen MR) is 179 cm³/mol. The number of para-hydroxylation sites is 1. The molecule has 1 aliphatic rings. The van der Waals surface area contributed by atoms with Crippen LogP contribution >= 0.6 is 0 Å². The van der Waals surface area contributed by atoms with Crippen LogP contribution in [0.25, 0.3) is 27.8 Å². The monoisotopic (exact) mass is 598 g/mol. The van der Waals surface area contributed by atoms with Crippen LogP contribution in [0, 0.1) is 0 Å². The largest absolute Gasteiger partial charge is 0.375 e. The molecule has 0 bridgehead atoms. The molecule has 45 heavy (non-hydrogen) atoms. The smallest absolute Gasteiger partial charge is 0.253 e. The summed E-state index contributed by atoms with van der Waals surface area (Å²) in [5.41, 5.74) is 8.49. The Morgan fingerprint density at radius 3 is 2.02 bits per heavy atom. The van der Waals surface area contributed by atoms with Gasteiger partial charge in [0.1, 0.15) is 11.0 Å². The minimum Gasteiger partial charge on any atom is -0.375 e. The number of carbonyl (C=O) groups is 2. The third kappa shape index (κ3) is 6.28. The second kappa shape index (κ2) is 13.1. The molecule has 2 heterocycles. The van der Waals surface area contributed by atoms with Crippen LogP contribution in [0.2, 0.25) is 0 Å². The van der Waals surface area contributed by atoms with Crippen LogP contribution in [0.3, 0.4) is 0 Å². The molecule has 0 unspecified atom stereocenters. The van der Waals surface area contributed by atoms with Crippen molar-refractivity contribution in [1.82, 2.24) is 9.88 Å². The number of amides is 2. The number of azo groups is 1. The number of rotatable bonds is 11. The highest BCUT2D eigenvalue weighted by molar-refractivity contribution is 6.12. The lowest BCUT2D eigenvalue weighted by atomic mass is 10.1. The molecule has 1 aliphatic heterocycles. The maximum Gasteiger partial charge on any atom is 0.253 e. The van der Waals surface area contributed by atoms with E-state index in [4.69, 9.17) is 4.98 Å². The molecule has 0 N–H and O–H groups in total.